The molecule has 128 valence electrons. The van der Waals surface area contributed by atoms with Gasteiger partial charge in [-0.3, -0.25) is 4.84 Å². The van der Waals surface area contributed by atoms with E-state index in [9.17, 15) is 13.6 Å². The van der Waals surface area contributed by atoms with Crippen molar-refractivity contribution in [2.24, 2.45) is 0 Å². The first-order valence-corrected chi connectivity index (χ1v) is 7.37. The summed E-state index contributed by atoms with van der Waals surface area (Å²) < 4.78 is 28.3. The third kappa shape index (κ3) is 6.62. The van der Waals surface area contributed by atoms with Crippen LogP contribution in [0, 0.1) is 0 Å². The molecule has 0 aromatic heterocycles. The molecule has 5 nitrogen and oxygen atoms in total. The lowest BCUT2D eigenvalue weighted by Crippen LogP contribution is -2.36. The molecule has 2 amide bonds. The summed E-state index contributed by atoms with van der Waals surface area (Å²) >= 11 is 0. The molecule has 7 heteroatoms. The second-order valence-corrected chi connectivity index (χ2v) is 4.90. The normalized spacial score (nSPS) is 10.5. The van der Waals surface area contributed by atoms with Crippen LogP contribution in [0.25, 0.3) is 0 Å². The van der Waals surface area contributed by atoms with Crippen LogP contribution in [-0.2, 0) is 17.9 Å². The Hall–Kier alpha value is -2.67. The fourth-order valence-electron chi connectivity index (χ4n) is 1.95. The summed E-state index contributed by atoms with van der Waals surface area (Å²) in [6.07, 6.45) is 0.557. The number of amides is 2. The minimum atomic E-state index is -2.84. The average molecular weight is 336 g/mol. The number of rotatable bonds is 8. The van der Waals surface area contributed by atoms with Gasteiger partial charge in [0.25, 0.3) is 0 Å². The van der Waals surface area contributed by atoms with Crippen molar-refractivity contribution in [1.29, 1.82) is 0 Å². The van der Waals surface area contributed by atoms with E-state index in [4.69, 9.17) is 4.84 Å². The SMILES string of the molecule is O=C(NCCc1ccc(OC(F)F)cc1)NOCc1ccccc1. The van der Waals surface area contributed by atoms with Gasteiger partial charge < -0.3 is 10.1 Å². The highest BCUT2D eigenvalue weighted by Gasteiger charge is 2.04. The summed E-state index contributed by atoms with van der Waals surface area (Å²) in [5.74, 6) is 0.105. The van der Waals surface area contributed by atoms with E-state index in [0.29, 0.717) is 13.0 Å². The number of carbonyl (C=O) groups excluding carboxylic acids is 1. The van der Waals surface area contributed by atoms with Crippen LogP contribution in [0.3, 0.4) is 0 Å². The second-order valence-electron chi connectivity index (χ2n) is 4.90. The number of hydrogen-bond donors (Lipinski definition) is 2. The number of hydrogen-bond acceptors (Lipinski definition) is 3. The van der Waals surface area contributed by atoms with E-state index in [1.807, 2.05) is 30.3 Å². The minimum absolute atomic E-state index is 0.105. The Labute approximate surface area is 138 Å². The zero-order valence-corrected chi connectivity index (χ0v) is 12.9. The number of carbonyl (C=O) groups is 1. The summed E-state index contributed by atoms with van der Waals surface area (Å²) in [6, 6.07) is 15.3. The van der Waals surface area contributed by atoms with E-state index in [0.717, 1.165) is 11.1 Å². The van der Waals surface area contributed by atoms with Crippen LogP contribution in [0.4, 0.5) is 13.6 Å². The Kier molecular flexibility index (Phi) is 6.97. The second kappa shape index (κ2) is 9.46. The van der Waals surface area contributed by atoms with E-state index >= 15 is 0 Å². The largest absolute Gasteiger partial charge is 0.435 e. The highest BCUT2D eigenvalue weighted by molar-refractivity contribution is 5.72. The molecule has 0 saturated heterocycles. The molecule has 0 heterocycles. The van der Waals surface area contributed by atoms with E-state index in [-0.39, 0.29) is 12.4 Å². The van der Waals surface area contributed by atoms with Crippen molar-refractivity contribution in [2.45, 2.75) is 19.6 Å². The van der Waals surface area contributed by atoms with Gasteiger partial charge in [-0.2, -0.15) is 8.78 Å². The van der Waals surface area contributed by atoms with E-state index in [1.54, 1.807) is 12.1 Å². The monoisotopic (exact) mass is 336 g/mol. The van der Waals surface area contributed by atoms with Crippen LogP contribution in [0.5, 0.6) is 5.75 Å². The van der Waals surface area contributed by atoms with Crippen LogP contribution in [-0.4, -0.2) is 19.2 Å². The van der Waals surface area contributed by atoms with Gasteiger partial charge in [-0.05, 0) is 29.7 Å². The Morgan fingerprint density at radius 1 is 1.00 bits per heavy atom. The highest BCUT2D eigenvalue weighted by atomic mass is 19.3. The summed E-state index contributed by atoms with van der Waals surface area (Å²) in [7, 11) is 0. The number of benzene rings is 2. The Morgan fingerprint density at radius 2 is 1.71 bits per heavy atom. The maximum absolute atomic E-state index is 12.0. The molecule has 2 N–H and O–H groups in total. The standard InChI is InChI=1S/C17H18F2N2O3/c18-16(19)24-15-8-6-13(7-9-15)10-11-20-17(22)21-23-12-14-4-2-1-3-5-14/h1-9,16H,10-12H2,(H2,20,21,22). The molecular formula is C17H18F2N2O3. The maximum atomic E-state index is 12.0. The van der Waals surface area contributed by atoms with E-state index in [1.165, 1.54) is 12.1 Å². The van der Waals surface area contributed by atoms with Crippen molar-refractivity contribution >= 4 is 6.03 Å². The summed E-state index contributed by atoms with van der Waals surface area (Å²) in [4.78, 5) is 16.6. The van der Waals surface area contributed by atoms with E-state index in [2.05, 4.69) is 15.5 Å². The number of nitrogens with one attached hydrogen (secondary N) is 2. The number of ether oxygens (including phenoxy) is 1. The van der Waals surface area contributed by atoms with E-state index < -0.39 is 12.6 Å². The summed E-state index contributed by atoms with van der Waals surface area (Å²) in [6.45, 7) is -2.17. The first-order valence-electron chi connectivity index (χ1n) is 7.37. The van der Waals surface area contributed by atoms with Crippen LogP contribution in [0.2, 0.25) is 0 Å². The fraction of sp³-hybridized carbons (Fsp3) is 0.235. The molecule has 0 atom stereocenters. The predicted molar refractivity (Wildman–Crippen MR) is 84.5 cm³/mol. The molecular weight excluding hydrogens is 318 g/mol. The van der Waals surface area contributed by atoms with Gasteiger partial charge in [-0.15, -0.1) is 0 Å². The molecule has 2 rings (SSSR count). The van der Waals surface area contributed by atoms with Gasteiger partial charge in [-0.25, -0.2) is 10.3 Å². The van der Waals surface area contributed by atoms with Crippen LogP contribution in [0.15, 0.2) is 54.6 Å². The van der Waals surface area contributed by atoms with Crippen molar-refractivity contribution in [3.8, 4) is 5.75 Å². The first kappa shape index (κ1) is 17.7. The maximum Gasteiger partial charge on any atom is 0.387 e. The number of hydroxylamine groups is 1. The third-order valence-corrected chi connectivity index (χ3v) is 3.09. The van der Waals surface area contributed by atoms with Gasteiger partial charge in [0.15, 0.2) is 0 Å². The number of urea groups is 1. The van der Waals surface area contributed by atoms with Gasteiger partial charge in [0.2, 0.25) is 0 Å². The van der Waals surface area contributed by atoms with Gasteiger partial charge in [0.1, 0.15) is 5.75 Å². The van der Waals surface area contributed by atoms with Gasteiger partial charge >= 0.3 is 12.6 Å². The topological polar surface area (TPSA) is 59.6 Å². The smallest absolute Gasteiger partial charge is 0.387 e. The molecule has 0 aliphatic rings. The van der Waals surface area contributed by atoms with Crippen molar-refractivity contribution < 1.29 is 23.1 Å². The minimum Gasteiger partial charge on any atom is -0.435 e. The molecule has 24 heavy (non-hydrogen) atoms. The molecule has 0 fully saturated rings. The molecule has 0 spiro atoms. The zero-order valence-electron chi connectivity index (χ0n) is 12.9. The number of halogens is 2. The van der Waals surface area contributed by atoms with Gasteiger partial charge in [0.05, 0.1) is 6.61 Å². The Bertz CT molecular complexity index is 621. The first-order chi connectivity index (χ1) is 11.6. The quantitative estimate of drug-likeness (QED) is 0.728. The molecule has 0 aliphatic carbocycles. The summed E-state index contributed by atoms with van der Waals surface area (Å²) in [5.41, 5.74) is 4.13. The van der Waals surface area contributed by atoms with Crippen molar-refractivity contribution in [3.63, 3.8) is 0 Å². The van der Waals surface area contributed by atoms with Crippen LogP contribution < -0.4 is 15.5 Å². The molecule has 0 saturated carbocycles. The van der Waals surface area contributed by atoms with Crippen LogP contribution >= 0.6 is 0 Å². The Balaban J connectivity index is 1.62. The fourth-order valence-corrected chi connectivity index (χ4v) is 1.95. The molecule has 2 aromatic rings. The lowest BCUT2D eigenvalue weighted by Gasteiger charge is -2.09. The Morgan fingerprint density at radius 3 is 2.38 bits per heavy atom. The molecule has 0 bridgehead atoms. The lowest BCUT2D eigenvalue weighted by atomic mass is 10.1. The molecule has 0 aliphatic heterocycles. The summed E-state index contributed by atoms with van der Waals surface area (Å²) in [5, 5.41) is 2.64. The van der Waals surface area contributed by atoms with Gasteiger partial charge in [0, 0.05) is 6.54 Å². The van der Waals surface area contributed by atoms with Crippen molar-refractivity contribution in [1.82, 2.24) is 10.8 Å². The molecule has 2 aromatic carbocycles. The predicted octanol–water partition coefficient (Wildman–Crippen LogP) is 3.26. The lowest BCUT2D eigenvalue weighted by molar-refractivity contribution is -0.0498. The van der Waals surface area contributed by atoms with Crippen molar-refractivity contribution in [3.05, 3.63) is 65.7 Å². The molecule has 0 radical (unpaired) electrons. The zero-order chi connectivity index (χ0) is 17.2. The molecule has 0 unspecified atom stereocenters. The highest BCUT2D eigenvalue weighted by Crippen LogP contribution is 2.14. The third-order valence-electron chi connectivity index (χ3n) is 3.09. The average Bonchev–Trinajstić information content (AvgIpc) is 2.57. The van der Waals surface area contributed by atoms with Gasteiger partial charge in [-0.1, -0.05) is 42.5 Å². The van der Waals surface area contributed by atoms with Crippen molar-refractivity contribution in [2.75, 3.05) is 6.54 Å². The van der Waals surface area contributed by atoms with Crippen LogP contribution in [0.1, 0.15) is 11.1 Å². The number of alkyl halides is 2.